The van der Waals surface area contributed by atoms with Crippen LogP contribution in [0.5, 0.6) is 0 Å². The molecule has 0 radical (unpaired) electrons. The second-order valence-electron chi connectivity index (χ2n) is 6.18. The lowest BCUT2D eigenvalue weighted by Gasteiger charge is -2.36. The SMILES string of the molecule is Cc1ccccc1C(=O)CN1CCC(C)(C)CC1. The minimum atomic E-state index is 0.257. The summed E-state index contributed by atoms with van der Waals surface area (Å²) in [4.78, 5) is 14.5. The van der Waals surface area contributed by atoms with Crippen LogP contribution in [0.4, 0.5) is 0 Å². The zero-order valence-corrected chi connectivity index (χ0v) is 11.7. The molecule has 98 valence electrons. The van der Waals surface area contributed by atoms with Crippen molar-refractivity contribution in [1.82, 2.24) is 4.90 Å². The molecule has 1 aliphatic rings. The summed E-state index contributed by atoms with van der Waals surface area (Å²) in [5, 5.41) is 0. The molecule has 0 saturated carbocycles. The maximum atomic E-state index is 12.3. The zero-order valence-electron chi connectivity index (χ0n) is 11.7. The number of carbonyl (C=O) groups excluding carboxylic acids is 1. The van der Waals surface area contributed by atoms with E-state index in [1.807, 2.05) is 31.2 Å². The number of aryl methyl sites for hydroxylation is 1. The van der Waals surface area contributed by atoms with Gasteiger partial charge in [0.05, 0.1) is 6.54 Å². The number of rotatable bonds is 3. The number of Topliss-reactive ketones (excluding diaryl/α,β-unsaturated/α-hetero) is 1. The molecule has 0 spiro atoms. The Bertz CT molecular complexity index is 426. The number of likely N-dealkylation sites (tertiary alicyclic amines) is 1. The Hall–Kier alpha value is -1.15. The molecule has 0 unspecified atom stereocenters. The molecule has 2 heteroatoms. The molecule has 2 rings (SSSR count). The Morgan fingerprint density at radius 3 is 2.44 bits per heavy atom. The summed E-state index contributed by atoms with van der Waals surface area (Å²) in [6.45, 7) is 9.30. The van der Waals surface area contributed by atoms with Gasteiger partial charge in [0.15, 0.2) is 5.78 Å². The van der Waals surface area contributed by atoms with Gasteiger partial charge in [-0.2, -0.15) is 0 Å². The van der Waals surface area contributed by atoms with Gasteiger partial charge in [-0.1, -0.05) is 38.1 Å². The van der Waals surface area contributed by atoms with E-state index in [0.29, 0.717) is 12.0 Å². The van der Waals surface area contributed by atoms with Crippen molar-refractivity contribution >= 4 is 5.78 Å². The summed E-state index contributed by atoms with van der Waals surface area (Å²) in [6, 6.07) is 7.87. The highest BCUT2D eigenvalue weighted by Crippen LogP contribution is 2.29. The first-order chi connectivity index (χ1) is 8.48. The third-order valence-electron chi connectivity index (χ3n) is 4.02. The summed E-state index contributed by atoms with van der Waals surface area (Å²) < 4.78 is 0. The third kappa shape index (κ3) is 3.20. The lowest BCUT2D eigenvalue weighted by molar-refractivity contribution is 0.0845. The maximum Gasteiger partial charge on any atom is 0.177 e. The molecule has 0 aromatic heterocycles. The molecule has 2 nitrogen and oxygen atoms in total. The van der Waals surface area contributed by atoms with Gasteiger partial charge < -0.3 is 0 Å². The number of piperidine rings is 1. The molecule has 0 amide bonds. The molecule has 1 saturated heterocycles. The van der Waals surface area contributed by atoms with E-state index >= 15 is 0 Å². The summed E-state index contributed by atoms with van der Waals surface area (Å²) in [6.07, 6.45) is 2.38. The van der Waals surface area contributed by atoms with Crippen LogP contribution in [0.3, 0.4) is 0 Å². The van der Waals surface area contributed by atoms with Crippen molar-refractivity contribution in [3.63, 3.8) is 0 Å². The zero-order chi connectivity index (χ0) is 13.2. The van der Waals surface area contributed by atoms with Crippen molar-refractivity contribution in [2.75, 3.05) is 19.6 Å². The first-order valence-corrected chi connectivity index (χ1v) is 6.79. The largest absolute Gasteiger partial charge is 0.296 e. The number of nitrogens with zero attached hydrogens (tertiary/aromatic N) is 1. The molecule has 1 aliphatic heterocycles. The van der Waals surface area contributed by atoms with E-state index in [1.165, 1.54) is 12.8 Å². The van der Waals surface area contributed by atoms with Crippen LogP contribution >= 0.6 is 0 Å². The Morgan fingerprint density at radius 2 is 1.83 bits per heavy atom. The van der Waals surface area contributed by atoms with Crippen LogP contribution in [0.1, 0.15) is 42.6 Å². The highest BCUT2D eigenvalue weighted by Gasteiger charge is 2.26. The summed E-state index contributed by atoms with van der Waals surface area (Å²) >= 11 is 0. The van der Waals surface area contributed by atoms with Crippen molar-refractivity contribution in [2.45, 2.75) is 33.6 Å². The maximum absolute atomic E-state index is 12.3. The Morgan fingerprint density at radius 1 is 1.22 bits per heavy atom. The smallest absolute Gasteiger partial charge is 0.177 e. The summed E-state index contributed by atoms with van der Waals surface area (Å²) in [7, 11) is 0. The summed E-state index contributed by atoms with van der Waals surface area (Å²) in [5.74, 6) is 0.257. The standard InChI is InChI=1S/C16H23NO/c1-13-6-4-5-7-14(13)15(18)12-17-10-8-16(2,3)9-11-17/h4-7H,8-12H2,1-3H3. The molecule has 18 heavy (non-hydrogen) atoms. The van der Waals surface area contributed by atoms with Crippen molar-refractivity contribution in [3.05, 3.63) is 35.4 Å². The van der Waals surface area contributed by atoms with Crippen molar-refractivity contribution in [2.24, 2.45) is 5.41 Å². The summed E-state index contributed by atoms with van der Waals surface area (Å²) in [5.41, 5.74) is 2.41. The Balaban J connectivity index is 1.95. The first-order valence-electron chi connectivity index (χ1n) is 6.79. The van der Waals surface area contributed by atoms with Crippen LogP contribution in [-0.2, 0) is 0 Å². The fourth-order valence-electron chi connectivity index (χ4n) is 2.49. The lowest BCUT2D eigenvalue weighted by Crippen LogP contribution is -2.40. The number of carbonyl (C=O) groups is 1. The molecule has 1 heterocycles. The van der Waals surface area contributed by atoms with E-state index in [9.17, 15) is 4.79 Å². The monoisotopic (exact) mass is 245 g/mol. The lowest BCUT2D eigenvalue weighted by atomic mass is 9.82. The van der Waals surface area contributed by atoms with E-state index in [4.69, 9.17) is 0 Å². The van der Waals surface area contributed by atoms with E-state index in [-0.39, 0.29) is 5.78 Å². The highest BCUT2D eigenvalue weighted by molar-refractivity contribution is 5.98. The molecule has 1 fully saturated rings. The van der Waals surface area contributed by atoms with Gasteiger partial charge in [-0.3, -0.25) is 9.69 Å². The van der Waals surface area contributed by atoms with Gasteiger partial charge in [0, 0.05) is 5.56 Å². The Labute approximate surface area is 110 Å². The van der Waals surface area contributed by atoms with Crippen molar-refractivity contribution < 1.29 is 4.79 Å². The van der Waals surface area contributed by atoms with Crippen LogP contribution in [0, 0.1) is 12.3 Å². The molecular weight excluding hydrogens is 222 g/mol. The highest BCUT2D eigenvalue weighted by atomic mass is 16.1. The van der Waals surface area contributed by atoms with Gasteiger partial charge in [0.2, 0.25) is 0 Å². The van der Waals surface area contributed by atoms with Gasteiger partial charge in [0.25, 0.3) is 0 Å². The average Bonchev–Trinajstić information content (AvgIpc) is 2.32. The van der Waals surface area contributed by atoms with E-state index in [2.05, 4.69) is 18.7 Å². The molecule has 1 aromatic rings. The minimum absolute atomic E-state index is 0.257. The quantitative estimate of drug-likeness (QED) is 0.762. The fourth-order valence-corrected chi connectivity index (χ4v) is 2.49. The van der Waals surface area contributed by atoms with Crippen molar-refractivity contribution in [1.29, 1.82) is 0 Å². The molecular formula is C16H23NO. The van der Waals surface area contributed by atoms with Crippen LogP contribution < -0.4 is 0 Å². The molecule has 1 aromatic carbocycles. The van der Waals surface area contributed by atoms with Crippen LogP contribution in [0.15, 0.2) is 24.3 Å². The van der Waals surface area contributed by atoms with Crippen LogP contribution in [0.25, 0.3) is 0 Å². The minimum Gasteiger partial charge on any atom is -0.296 e. The van der Waals surface area contributed by atoms with E-state index < -0.39 is 0 Å². The number of benzene rings is 1. The van der Waals surface area contributed by atoms with Gasteiger partial charge in [0.1, 0.15) is 0 Å². The molecule has 0 bridgehead atoms. The number of hydrogen-bond donors (Lipinski definition) is 0. The van der Waals surface area contributed by atoms with Gasteiger partial charge in [-0.25, -0.2) is 0 Å². The average molecular weight is 245 g/mol. The van der Waals surface area contributed by atoms with E-state index in [1.54, 1.807) is 0 Å². The van der Waals surface area contributed by atoms with Gasteiger partial charge in [-0.15, -0.1) is 0 Å². The van der Waals surface area contributed by atoms with E-state index in [0.717, 1.165) is 24.2 Å². The third-order valence-corrected chi connectivity index (χ3v) is 4.02. The predicted octanol–water partition coefficient (Wildman–Crippen LogP) is 3.30. The molecule has 0 aliphatic carbocycles. The predicted molar refractivity (Wildman–Crippen MR) is 75.0 cm³/mol. The fraction of sp³-hybridized carbons (Fsp3) is 0.562. The number of hydrogen-bond acceptors (Lipinski definition) is 2. The van der Waals surface area contributed by atoms with Crippen molar-refractivity contribution in [3.8, 4) is 0 Å². The molecule has 0 N–H and O–H groups in total. The second kappa shape index (κ2) is 5.23. The topological polar surface area (TPSA) is 20.3 Å². The van der Waals surface area contributed by atoms with Gasteiger partial charge in [-0.05, 0) is 43.8 Å². The van der Waals surface area contributed by atoms with Crippen LogP contribution in [0.2, 0.25) is 0 Å². The molecule has 0 atom stereocenters. The normalized spacial score (nSPS) is 19.7. The van der Waals surface area contributed by atoms with Gasteiger partial charge >= 0.3 is 0 Å². The number of ketones is 1. The van der Waals surface area contributed by atoms with Crippen LogP contribution in [-0.4, -0.2) is 30.3 Å². The second-order valence-corrected chi connectivity index (χ2v) is 6.18. The first kappa shape index (κ1) is 13.3. The Kier molecular flexibility index (Phi) is 3.86.